The van der Waals surface area contributed by atoms with Crippen molar-refractivity contribution in [2.75, 3.05) is 5.32 Å². The number of hydrogen-bond donors (Lipinski definition) is 1. The highest BCUT2D eigenvalue weighted by atomic mass is 35.5. The zero-order valence-electron chi connectivity index (χ0n) is 13.0. The summed E-state index contributed by atoms with van der Waals surface area (Å²) in [4.78, 5) is 29.0. The van der Waals surface area contributed by atoms with E-state index in [4.69, 9.17) is 23.2 Å². The van der Waals surface area contributed by atoms with Crippen LogP contribution < -0.4 is 10.9 Å². The van der Waals surface area contributed by atoms with Gasteiger partial charge in [-0.1, -0.05) is 23.2 Å². The first kappa shape index (κ1) is 19.9. The minimum Gasteiger partial charge on any atom is -0.304 e. The monoisotopic (exact) mass is 453 g/mol. The van der Waals surface area contributed by atoms with Gasteiger partial charge in [0.05, 0.1) is 20.5 Å². The Bertz CT molecular complexity index is 1060. The van der Waals surface area contributed by atoms with Crippen LogP contribution in [0.2, 0.25) is 9.36 Å². The van der Waals surface area contributed by atoms with Gasteiger partial charge >= 0.3 is 6.18 Å². The normalized spacial score (nSPS) is 11.6. The number of nitrogens with one attached hydrogen (secondary N) is 1. The highest BCUT2D eigenvalue weighted by Gasteiger charge is 2.32. The summed E-state index contributed by atoms with van der Waals surface area (Å²) in [5.41, 5.74) is -1.41. The Morgan fingerprint density at radius 1 is 1.30 bits per heavy atom. The van der Waals surface area contributed by atoms with Crippen molar-refractivity contribution in [3.05, 3.63) is 55.1 Å². The number of hydrogen-bond acceptors (Lipinski definition) is 5. The fraction of sp³-hybridized carbons (Fsp3) is 0.133. The second-order valence-corrected chi connectivity index (χ2v) is 8.18. The minimum absolute atomic E-state index is 0.241. The largest absolute Gasteiger partial charge is 0.417 e. The van der Waals surface area contributed by atoms with Crippen molar-refractivity contribution in [3.8, 4) is 10.6 Å². The molecule has 3 aromatic heterocycles. The van der Waals surface area contributed by atoms with E-state index in [0.717, 1.165) is 16.2 Å². The Hall–Kier alpha value is -1.88. The molecule has 0 fully saturated rings. The van der Waals surface area contributed by atoms with Gasteiger partial charge in [0.2, 0.25) is 5.91 Å². The van der Waals surface area contributed by atoms with Crippen molar-refractivity contribution in [2.45, 2.75) is 12.7 Å². The summed E-state index contributed by atoms with van der Waals surface area (Å²) < 4.78 is 39.7. The molecule has 0 atom stereocenters. The van der Waals surface area contributed by atoms with Crippen LogP contribution in [-0.4, -0.2) is 15.5 Å². The van der Waals surface area contributed by atoms with E-state index in [1.165, 1.54) is 11.3 Å². The van der Waals surface area contributed by atoms with Gasteiger partial charge in [0.25, 0.3) is 5.56 Å². The van der Waals surface area contributed by atoms with Crippen LogP contribution in [0.1, 0.15) is 5.56 Å². The molecular formula is C15H8Cl2F3N3O2S2. The third-order valence-electron chi connectivity index (χ3n) is 3.26. The van der Waals surface area contributed by atoms with Gasteiger partial charge in [-0.2, -0.15) is 13.2 Å². The summed E-state index contributed by atoms with van der Waals surface area (Å²) in [7, 11) is 0. The van der Waals surface area contributed by atoms with Crippen LogP contribution in [0.15, 0.2) is 34.6 Å². The number of carbonyl (C=O) groups excluding carboxylic acids is 1. The number of thiazole rings is 1. The number of anilines is 1. The molecule has 3 rings (SSSR count). The maximum atomic E-state index is 12.8. The van der Waals surface area contributed by atoms with Gasteiger partial charge in [0.15, 0.2) is 5.13 Å². The molecule has 3 heterocycles. The molecule has 0 aromatic carbocycles. The summed E-state index contributed by atoms with van der Waals surface area (Å²) in [5.74, 6) is -0.711. The lowest BCUT2D eigenvalue weighted by Crippen LogP contribution is -2.29. The maximum absolute atomic E-state index is 12.8. The van der Waals surface area contributed by atoms with E-state index in [0.29, 0.717) is 26.9 Å². The zero-order valence-corrected chi connectivity index (χ0v) is 16.2. The summed E-state index contributed by atoms with van der Waals surface area (Å²) >= 11 is 13.9. The van der Waals surface area contributed by atoms with Gasteiger partial charge in [-0.3, -0.25) is 9.59 Å². The second kappa shape index (κ2) is 7.63. The highest BCUT2D eigenvalue weighted by molar-refractivity contribution is 7.20. The predicted molar refractivity (Wildman–Crippen MR) is 99.8 cm³/mol. The fourth-order valence-corrected chi connectivity index (χ4v) is 4.11. The van der Waals surface area contributed by atoms with Crippen molar-refractivity contribution >= 4 is 56.9 Å². The topological polar surface area (TPSA) is 64.0 Å². The molecule has 0 saturated carbocycles. The molecule has 0 aliphatic rings. The molecule has 0 radical (unpaired) electrons. The van der Waals surface area contributed by atoms with Crippen LogP contribution in [0.25, 0.3) is 10.6 Å². The lowest BCUT2D eigenvalue weighted by molar-refractivity contribution is -0.138. The van der Waals surface area contributed by atoms with Crippen LogP contribution in [-0.2, 0) is 17.5 Å². The van der Waals surface area contributed by atoms with Crippen molar-refractivity contribution in [3.63, 3.8) is 0 Å². The van der Waals surface area contributed by atoms with Crippen molar-refractivity contribution in [1.29, 1.82) is 0 Å². The molecule has 0 aliphatic heterocycles. The molecule has 0 unspecified atom stereocenters. The highest BCUT2D eigenvalue weighted by Crippen LogP contribution is 2.33. The lowest BCUT2D eigenvalue weighted by atomic mass is 10.2. The number of rotatable bonds is 4. The molecule has 0 aliphatic carbocycles. The molecule has 1 amide bonds. The molecule has 0 bridgehead atoms. The van der Waals surface area contributed by atoms with E-state index in [1.807, 2.05) is 0 Å². The Labute approximate surface area is 168 Å². The molecule has 0 spiro atoms. The van der Waals surface area contributed by atoms with E-state index in [9.17, 15) is 22.8 Å². The quantitative estimate of drug-likeness (QED) is 0.604. The van der Waals surface area contributed by atoms with Gasteiger partial charge < -0.3 is 9.88 Å². The molecular weight excluding hydrogens is 446 g/mol. The van der Waals surface area contributed by atoms with Crippen LogP contribution in [0.3, 0.4) is 0 Å². The van der Waals surface area contributed by atoms with E-state index in [-0.39, 0.29) is 5.13 Å². The molecule has 3 aromatic rings. The standard InChI is InChI=1S/C15H8Cl2F3N3O2S2/c16-8-3-7(15(18,19)20)4-23(13(8)25)5-12(24)22-14-21-9(6-26-14)10-1-2-11(17)27-10/h1-4,6H,5H2,(H,21,22,24). The minimum atomic E-state index is -4.69. The van der Waals surface area contributed by atoms with Gasteiger partial charge in [-0.25, -0.2) is 4.98 Å². The number of carbonyl (C=O) groups is 1. The van der Waals surface area contributed by atoms with Crippen LogP contribution in [0.5, 0.6) is 0 Å². The van der Waals surface area contributed by atoms with E-state index in [2.05, 4.69) is 10.3 Å². The predicted octanol–water partition coefficient (Wildman–Crippen LogP) is 5.00. The number of halogens is 5. The van der Waals surface area contributed by atoms with Crippen molar-refractivity contribution < 1.29 is 18.0 Å². The van der Waals surface area contributed by atoms with Crippen LogP contribution >= 0.6 is 45.9 Å². The number of nitrogens with zero attached hydrogens (tertiary/aromatic N) is 2. The summed E-state index contributed by atoms with van der Waals surface area (Å²) in [6, 6.07) is 4.01. The van der Waals surface area contributed by atoms with Crippen molar-refractivity contribution in [1.82, 2.24) is 9.55 Å². The Morgan fingerprint density at radius 3 is 2.67 bits per heavy atom. The third-order valence-corrected chi connectivity index (χ3v) is 5.54. The van der Waals surface area contributed by atoms with Crippen molar-refractivity contribution in [2.24, 2.45) is 0 Å². The molecule has 5 nitrogen and oxygen atoms in total. The average molecular weight is 454 g/mol. The number of thiophene rings is 1. The number of pyridine rings is 1. The first-order valence-corrected chi connectivity index (χ1v) is 9.57. The molecule has 1 N–H and O–H groups in total. The Balaban J connectivity index is 1.76. The smallest absolute Gasteiger partial charge is 0.304 e. The number of aromatic nitrogens is 2. The second-order valence-electron chi connectivity index (χ2n) is 5.20. The van der Waals surface area contributed by atoms with E-state index >= 15 is 0 Å². The Kier molecular flexibility index (Phi) is 5.61. The third kappa shape index (κ3) is 4.70. The Morgan fingerprint density at radius 2 is 2.04 bits per heavy atom. The number of amides is 1. The van der Waals surface area contributed by atoms with Gasteiger partial charge in [-0.15, -0.1) is 22.7 Å². The molecule has 142 valence electrons. The summed E-state index contributed by atoms with van der Waals surface area (Å²) in [6.07, 6.45) is -4.14. The van der Waals surface area contributed by atoms with Gasteiger partial charge in [0, 0.05) is 11.6 Å². The zero-order chi connectivity index (χ0) is 19.8. The van der Waals surface area contributed by atoms with E-state index in [1.54, 1.807) is 17.5 Å². The fourth-order valence-electron chi connectivity index (χ4n) is 2.08. The van der Waals surface area contributed by atoms with Gasteiger partial charge in [-0.05, 0) is 18.2 Å². The van der Waals surface area contributed by atoms with Crippen LogP contribution in [0, 0.1) is 0 Å². The summed E-state index contributed by atoms with van der Waals surface area (Å²) in [6.45, 7) is -0.637. The number of alkyl halides is 3. The maximum Gasteiger partial charge on any atom is 0.417 e. The average Bonchev–Trinajstić information content (AvgIpc) is 3.19. The lowest BCUT2D eigenvalue weighted by Gasteiger charge is -2.11. The van der Waals surface area contributed by atoms with Crippen LogP contribution in [0.4, 0.5) is 18.3 Å². The molecule has 0 saturated heterocycles. The SMILES string of the molecule is O=C(Cn1cc(C(F)(F)F)cc(Cl)c1=O)Nc1nc(-c2ccc(Cl)s2)cs1. The molecule has 27 heavy (non-hydrogen) atoms. The van der Waals surface area contributed by atoms with E-state index < -0.39 is 34.8 Å². The first-order valence-electron chi connectivity index (χ1n) is 7.12. The van der Waals surface area contributed by atoms with Gasteiger partial charge in [0.1, 0.15) is 11.6 Å². The summed E-state index contributed by atoms with van der Waals surface area (Å²) in [5, 5.41) is 3.77. The first-order chi connectivity index (χ1) is 12.6. The molecule has 12 heteroatoms.